The average molecular weight is 277 g/mol. The van der Waals surface area contributed by atoms with Gasteiger partial charge in [0.1, 0.15) is 0 Å². The molecule has 0 nitrogen and oxygen atoms in total. The Morgan fingerprint density at radius 3 is 1.90 bits per heavy atom. The van der Waals surface area contributed by atoms with Gasteiger partial charge in [-0.15, -0.1) is 0 Å². The average Bonchev–Trinajstić information content (AvgIpc) is 2.85. The third-order valence-electron chi connectivity index (χ3n) is 4.06. The molecule has 0 fully saturated rings. The highest BCUT2D eigenvalue weighted by Crippen LogP contribution is 2.48. The van der Waals surface area contributed by atoms with E-state index in [-0.39, 0.29) is 5.92 Å². The van der Waals surface area contributed by atoms with Crippen molar-refractivity contribution in [2.24, 2.45) is 0 Å². The maximum absolute atomic E-state index is 14.2. The van der Waals surface area contributed by atoms with Crippen molar-refractivity contribution in [1.82, 2.24) is 0 Å². The summed E-state index contributed by atoms with van der Waals surface area (Å²) in [7, 11) is 0. The highest BCUT2D eigenvalue weighted by atomic mass is 19.2. The van der Waals surface area contributed by atoms with Crippen LogP contribution in [0.3, 0.4) is 0 Å². The molecule has 2 heteroatoms. The third-order valence-corrected chi connectivity index (χ3v) is 4.06. The van der Waals surface area contributed by atoms with Crippen LogP contribution in [0.15, 0.2) is 60.7 Å². The molecule has 0 spiro atoms. The lowest BCUT2D eigenvalue weighted by Crippen LogP contribution is -2.03. The third kappa shape index (κ3) is 1.72. The van der Waals surface area contributed by atoms with E-state index in [4.69, 9.17) is 0 Å². The van der Waals surface area contributed by atoms with Crippen LogP contribution in [0.5, 0.6) is 0 Å². The maximum atomic E-state index is 14.2. The Labute approximate surface area is 121 Å². The lowest BCUT2D eigenvalue weighted by molar-refractivity contribution is 0.496. The Kier molecular flexibility index (Phi) is 2.64. The molecule has 0 aliphatic heterocycles. The van der Waals surface area contributed by atoms with Crippen LogP contribution in [0.1, 0.15) is 22.6 Å². The van der Waals surface area contributed by atoms with Crippen LogP contribution in [-0.2, 0) is 0 Å². The van der Waals surface area contributed by atoms with Crippen molar-refractivity contribution < 1.29 is 8.78 Å². The number of halogens is 2. The van der Waals surface area contributed by atoms with Gasteiger partial charge in [0.05, 0.1) is 0 Å². The zero-order valence-corrected chi connectivity index (χ0v) is 11.1. The molecule has 0 heterocycles. The Balaban J connectivity index is 2.03. The SMILES string of the molecule is Fc1[c]ccc(C2c3ccccc3-c3ccccc32)c1F. The summed E-state index contributed by atoms with van der Waals surface area (Å²) in [5.74, 6) is -2.00. The summed E-state index contributed by atoms with van der Waals surface area (Å²) in [4.78, 5) is 0. The van der Waals surface area contributed by atoms with Crippen molar-refractivity contribution in [3.63, 3.8) is 0 Å². The topological polar surface area (TPSA) is 0 Å². The minimum absolute atomic E-state index is 0.262. The molecule has 1 aliphatic carbocycles. The molecule has 101 valence electrons. The highest BCUT2D eigenvalue weighted by Gasteiger charge is 2.31. The predicted octanol–water partition coefficient (Wildman–Crippen LogP) is 4.93. The zero-order valence-electron chi connectivity index (χ0n) is 11.1. The Morgan fingerprint density at radius 2 is 1.29 bits per heavy atom. The van der Waals surface area contributed by atoms with E-state index in [9.17, 15) is 8.78 Å². The molecule has 3 aromatic rings. The molecule has 0 saturated heterocycles. The second-order valence-electron chi connectivity index (χ2n) is 5.17. The van der Waals surface area contributed by atoms with Crippen molar-refractivity contribution in [3.8, 4) is 11.1 Å². The van der Waals surface area contributed by atoms with Crippen LogP contribution in [-0.4, -0.2) is 0 Å². The van der Waals surface area contributed by atoms with Gasteiger partial charge in [0.25, 0.3) is 0 Å². The maximum Gasteiger partial charge on any atom is 0.167 e. The van der Waals surface area contributed by atoms with E-state index in [1.807, 2.05) is 48.5 Å². The first kappa shape index (κ1) is 12.3. The van der Waals surface area contributed by atoms with Crippen LogP contribution in [0, 0.1) is 17.7 Å². The van der Waals surface area contributed by atoms with E-state index in [0.717, 1.165) is 22.3 Å². The standard InChI is InChI=1S/C19H11F2/c20-17-11-5-10-16(19(17)21)18-14-8-3-1-6-12(14)13-7-2-4-9-15(13)18/h1-10,18H. The predicted molar refractivity (Wildman–Crippen MR) is 78.0 cm³/mol. The fraction of sp³-hybridized carbons (Fsp3) is 0.0526. The molecule has 0 aromatic heterocycles. The van der Waals surface area contributed by atoms with Gasteiger partial charge in [0.2, 0.25) is 0 Å². The summed E-state index contributed by atoms with van der Waals surface area (Å²) in [5.41, 5.74) is 4.58. The van der Waals surface area contributed by atoms with Gasteiger partial charge in [-0.3, -0.25) is 0 Å². The number of hydrogen-bond donors (Lipinski definition) is 0. The number of benzene rings is 3. The molecule has 3 aromatic carbocycles. The number of fused-ring (bicyclic) bond motifs is 3. The molecule has 1 radical (unpaired) electrons. The van der Waals surface area contributed by atoms with E-state index in [1.54, 1.807) is 6.07 Å². The Bertz CT molecular complexity index is 791. The first-order valence-electron chi connectivity index (χ1n) is 6.81. The van der Waals surface area contributed by atoms with Gasteiger partial charge >= 0.3 is 0 Å². The molecular weight excluding hydrogens is 266 g/mol. The van der Waals surface area contributed by atoms with Crippen LogP contribution >= 0.6 is 0 Å². The molecule has 0 N–H and O–H groups in total. The van der Waals surface area contributed by atoms with Crippen molar-refractivity contribution in [1.29, 1.82) is 0 Å². The normalized spacial score (nSPS) is 13.0. The fourth-order valence-corrected chi connectivity index (χ4v) is 3.18. The van der Waals surface area contributed by atoms with Gasteiger partial charge in [-0.25, -0.2) is 8.78 Å². The van der Waals surface area contributed by atoms with E-state index >= 15 is 0 Å². The minimum atomic E-state index is -0.922. The van der Waals surface area contributed by atoms with Gasteiger partial charge in [-0.2, -0.15) is 0 Å². The first-order chi connectivity index (χ1) is 10.3. The van der Waals surface area contributed by atoms with Crippen molar-refractivity contribution in [3.05, 3.63) is 95.1 Å². The molecule has 0 saturated carbocycles. The minimum Gasteiger partial charge on any atom is -0.203 e. The fourth-order valence-electron chi connectivity index (χ4n) is 3.18. The molecule has 21 heavy (non-hydrogen) atoms. The van der Waals surface area contributed by atoms with E-state index < -0.39 is 11.6 Å². The molecule has 0 unspecified atom stereocenters. The van der Waals surface area contributed by atoms with Crippen molar-refractivity contribution >= 4 is 0 Å². The quantitative estimate of drug-likeness (QED) is 0.463. The summed E-state index contributed by atoms with van der Waals surface area (Å²) >= 11 is 0. The first-order valence-corrected chi connectivity index (χ1v) is 6.81. The molecule has 4 rings (SSSR count). The Morgan fingerprint density at radius 1 is 0.714 bits per heavy atom. The highest BCUT2D eigenvalue weighted by molar-refractivity contribution is 5.80. The summed E-state index contributed by atoms with van der Waals surface area (Å²) in [6.45, 7) is 0. The molecule has 0 atom stereocenters. The van der Waals surface area contributed by atoms with Gasteiger partial charge in [0, 0.05) is 17.5 Å². The molecule has 0 amide bonds. The zero-order chi connectivity index (χ0) is 14.4. The van der Waals surface area contributed by atoms with Gasteiger partial charge in [-0.1, -0.05) is 60.7 Å². The second-order valence-corrected chi connectivity index (χ2v) is 5.17. The van der Waals surface area contributed by atoms with Crippen LogP contribution in [0.4, 0.5) is 8.78 Å². The van der Waals surface area contributed by atoms with Gasteiger partial charge in [-0.05, 0) is 22.3 Å². The van der Waals surface area contributed by atoms with Gasteiger partial charge in [0.15, 0.2) is 11.6 Å². The van der Waals surface area contributed by atoms with Crippen LogP contribution in [0.2, 0.25) is 0 Å². The summed E-state index contributed by atoms with van der Waals surface area (Å²) < 4.78 is 27.8. The lowest BCUT2D eigenvalue weighted by atomic mass is 9.89. The molecule has 1 aliphatic rings. The van der Waals surface area contributed by atoms with E-state index in [0.29, 0.717) is 5.56 Å². The molecular formula is C19H11F2. The number of rotatable bonds is 1. The summed E-state index contributed by atoms with van der Waals surface area (Å²) in [6, 6.07) is 21.1. The van der Waals surface area contributed by atoms with E-state index in [1.165, 1.54) is 6.07 Å². The number of hydrogen-bond acceptors (Lipinski definition) is 0. The summed E-state index contributed by atoms with van der Waals surface area (Å²) in [6.07, 6.45) is 0. The summed E-state index contributed by atoms with van der Waals surface area (Å²) in [5, 5.41) is 0. The van der Waals surface area contributed by atoms with Crippen molar-refractivity contribution in [2.75, 3.05) is 0 Å². The van der Waals surface area contributed by atoms with Gasteiger partial charge < -0.3 is 0 Å². The van der Waals surface area contributed by atoms with E-state index in [2.05, 4.69) is 6.07 Å². The van der Waals surface area contributed by atoms with Crippen LogP contribution < -0.4 is 0 Å². The second kappa shape index (κ2) is 4.52. The van der Waals surface area contributed by atoms with Crippen LogP contribution in [0.25, 0.3) is 11.1 Å². The Hall–Kier alpha value is -2.48. The monoisotopic (exact) mass is 277 g/mol. The largest absolute Gasteiger partial charge is 0.203 e. The van der Waals surface area contributed by atoms with Crippen molar-refractivity contribution in [2.45, 2.75) is 5.92 Å². The smallest absolute Gasteiger partial charge is 0.167 e. The lowest BCUT2D eigenvalue weighted by Gasteiger charge is -2.15. The molecule has 0 bridgehead atoms.